The van der Waals surface area contributed by atoms with Crippen LogP contribution in [0.25, 0.3) is 0 Å². The van der Waals surface area contributed by atoms with E-state index in [-0.39, 0.29) is 11.6 Å². The fourth-order valence-electron chi connectivity index (χ4n) is 3.90. The van der Waals surface area contributed by atoms with Crippen LogP contribution in [0.5, 0.6) is 0 Å². The molecule has 1 aromatic rings. The van der Waals surface area contributed by atoms with Crippen LogP contribution in [0.3, 0.4) is 0 Å². The first-order valence-corrected chi connectivity index (χ1v) is 7.56. The Bertz CT molecular complexity index is 448. The van der Waals surface area contributed by atoms with E-state index in [0.29, 0.717) is 4.48 Å². The molecule has 1 aromatic carbocycles. The zero-order chi connectivity index (χ0) is 14.6. The first-order chi connectivity index (χ1) is 9.63. The second-order valence-corrected chi connectivity index (χ2v) is 5.59. The van der Waals surface area contributed by atoms with Crippen molar-refractivity contribution in [2.45, 2.75) is 32.2 Å². The first kappa shape index (κ1) is 15.0. The normalized spacial score (nSPS) is 18.7. The van der Waals surface area contributed by atoms with E-state index in [2.05, 4.69) is 43.4 Å². The summed E-state index contributed by atoms with van der Waals surface area (Å²) >= 11 is 0. The highest BCUT2D eigenvalue weighted by Gasteiger charge is 2.54. The van der Waals surface area contributed by atoms with Crippen LogP contribution in [0.15, 0.2) is 30.3 Å². The number of nitrogens with zero attached hydrogens (tertiary/aromatic N) is 1. The monoisotopic (exact) mass is 276 g/mol. The molecule has 0 atom stereocenters. The summed E-state index contributed by atoms with van der Waals surface area (Å²) in [6.07, 6.45) is 1.89. The number of hydrogen-bond acceptors (Lipinski definition) is 2. The smallest absolute Gasteiger partial charge is 0.319 e. The molecule has 110 valence electrons. The molecule has 1 aliphatic heterocycles. The largest absolute Gasteiger partial charge is 0.414 e. The number of hydrogen-bond donors (Lipinski definition) is 2. The van der Waals surface area contributed by atoms with Crippen molar-refractivity contribution >= 4 is 6.03 Å². The van der Waals surface area contributed by atoms with Crippen LogP contribution in [0, 0.1) is 0 Å². The van der Waals surface area contributed by atoms with Gasteiger partial charge in [0.1, 0.15) is 5.54 Å². The number of rotatable bonds is 4. The van der Waals surface area contributed by atoms with Crippen molar-refractivity contribution in [3.8, 4) is 0 Å². The number of piperidine rings is 1. The third-order valence-corrected chi connectivity index (χ3v) is 5.06. The summed E-state index contributed by atoms with van der Waals surface area (Å²) in [5, 5.41) is 3.41. The maximum absolute atomic E-state index is 12.3. The lowest BCUT2D eigenvalue weighted by Gasteiger charge is -2.51. The number of carbonyl (C=O) groups excluding carboxylic acids is 1. The van der Waals surface area contributed by atoms with Gasteiger partial charge in [0.15, 0.2) is 0 Å². The summed E-state index contributed by atoms with van der Waals surface area (Å²) in [4.78, 5) is 12.3. The molecule has 1 heterocycles. The van der Waals surface area contributed by atoms with Gasteiger partial charge in [-0.3, -0.25) is 0 Å². The van der Waals surface area contributed by atoms with E-state index in [1.165, 1.54) is 5.56 Å². The maximum atomic E-state index is 12.3. The van der Waals surface area contributed by atoms with E-state index in [9.17, 15) is 4.79 Å². The lowest BCUT2D eigenvalue weighted by Crippen LogP contribution is -2.69. The molecule has 1 saturated heterocycles. The molecule has 0 unspecified atom stereocenters. The van der Waals surface area contributed by atoms with E-state index in [4.69, 9.17) is 5.73 Å². The van der Waals surface area contributed by atoms with Gasteiger partial charge in [-0.25, -0.2) is 9.28 Å². The summed E-state index contributed by atoms with van der Waals surface area (Å²) in [6.45, 7) is 7.48. The Labute approximate surface area is 121 Å². The number of quaternary nitrogens is 1. The van der Waals surface area contributed by atoms with Crippen molar-refractivity contribution in [3.63, 3.8) is 0 Å². The SMILES string of the molecule is CC[N+](CC)(C(N)=O)C1(c2ccccc2)CCNCC1. The predicted molar refractivity (Wildman–Crippen MR) is 81.1 cm³/mol. The van der Waals surface area contributed by atoms with E-state index in [1.807, 2.05) is 6.07 Å². The molecule has 0 aromatic heterocycles. The lowest BCUT2D eigenvalue weighted by molar-refractivity contribution is -0.909. The molecular formula is C16H26N3O+. The van der Waals surface area contributed by atoms with Gasteiger partial charge in [-0.1, -0.05) is 30.3 Å². The zero-order valence-electron chi connectivity index (χ0n) is 12.6. The number of nitrogens with two attached hydrogens (primary N) is 1. The highest BCUT2D eigenvalue weighted by atomic mass is 16.2. The quantitative estimate of drug-likeness (QED) is 0.828. The summed E-state index contributed by atoms with van der Waals surface area (Å²) in [7, 11) is 0. The third-order valence-electron chi connectivity index (χ3n) is 5.06. The van der Waals surface area contributed by atoms with Crippen LogP contribution in [0.4, 0.5) is 4.79 Å². The van der Waals surface area contributed by atoms with Crippen LogP contribution in [0.2, 0.25) is 0 Å². The number of carbonyl (C=O) groups is 1. The van der Waals surface area contributed by atoms with E-state index >= 15 is 0 Å². The fraction of sp³-hybridized carbons (Fsp3) is 0.562. The maximum Gasteiger partial charge on any atom is 0.414 e. The Hall–Kier alpha value is -1.39. The summed E-state index contributed by atoms with van der Waals surface area (Å²) in [6, 6.07) is 10.2. The molecule has 20 heavy (non-hydrogen) atoms. The second kappa shape index (κ2) is 5.94. The molecule has 1 aliphatic rings. The van der Waals surface area contributed by atoms with Crippen LogP contribution in [0.1, 0.15) is 32.3 Å². The van der Waals surface area contributed by atoms with E-state index in [1.54, 1.807) is 0 Å². The number of amides is 2. The molecular weight excluding hydrogens is 250 g/mol. The van der Waals surface area contributed by atoms with E-state index in [0.717, 1.165) is 39.0 Å². The molecule has 1 fully saturated rings. The first-order valence-electron chi connectivity index (χ1n) is 7.56. The topological polar surface area (TPSA) is 55.1 Å². The van der Waals surface area contributed by atoms with Crippen molar-refractivity contribution in [2.24, 2.45) is 5.73 Å². The third kappa shape index (κ3) is 2.13. The van der Waals surface area contributed by atoms with Gasteiger partial charge in [-0.05, 0) is 13.8 Å². The molecule has 0 saturated carbocycles. The Kier molecular flexibility index (Phi) is 4.45. The average molecular weight is 276 g/mol. The molecule has 4 heteroatoms. The summed E-state index contributed by atoms with van der Waals surface area (Å²) < 4.78 is 0.346. The Morgan fingerprint density at radius 2 is 1.75 bits per heavy atom. The van der Waals surface area contributed by atoms with Crippen molar-refractivity contribution in [1.29, 1.82) is 0 Å². The molecule has 4 nitrogen and oxygen atoms in total. The van der Waals surface area contributed by atoms with Crippen molar-refractivity contribution < 1.29 is 9.28 Å². The second-order valence-electron chi connectivity index (χ2n) is 5.59. The lowest BCUT2D eigenvalue weighted by atomic mass is 9.77. The molecule has 0 radical (unpaired) electrons. The molecule has 2 amide bonds. The summed E-state index contributed by atoms with van der Waals surface area (Å²) in [5.74, 6) is 0. The minimum absolute atomic E-state index is 0.193. The number of benzene rings is 1. The van der Waals surface area contributed by atoms with Crippen molar-refractivity contribution in [3.05, 3.63) is 35.9 Å². The molecule has 2 rings (SSSR count). The zero-order valence-corrected chi connectivity index (χ0v) is 12.6. The van der Waals surface area contributed by atoms with Gasteiger partial charge >= 0.3 is 6.03 Å². The minimum atomic E-state index is -0.208. The molecule has 3 N–H and O–H groups in total. The minimum Gasteiger partial charge on any atom is -0.319 e. The van der Waals surface area contributed by atoms with Crippen LogP contribution >= 0.6 is 0 Å². The highest BCUT2D eigenvalue weighted by Crippen LogP contribution is 2.42. The number of nitrogens with one attached hydrogen (secondary N) is 1. The highest BCUT2D eigenvalue weighted by molar-refractivity contribution is 5.65. The van der Waals surface area contributed by atoms with Gasteiger partial charge in [-0.2, -0.15) is 0 Å². The molecule has 0 bridgehead atoms. The number of urea groups is 1. The predicted octanol–water partition coefficient (Wildman–Crippen LogP) is 2.20. The van der Waals surface area contributed by atoms with Crippen LogP contribution in [-0.4, -0.2) is 36.7 Å². The number of primary amides is 1. The standard InChI is InChI=1S/C16H25N3O/c1-3-19(4-2,15(17)20)16(10-12-18-13-11-16)14-8-6-5-7-9-14/h5-9,18H,3-4,10-13H2,1-2H3,(H-,17,20)/p+1. The summed E-state index contributed by atoms with van der Waals surface area (Å²) in [5.41, 5.74) is 6.91. The van der Waals surface area contributed by atoms with Gasteiger partial charge in [0.2, 0.25) is 0 Å². The Balaban J connectivity index is 2.59. The van der Waals surface area contributed by atoms with Crippen molar-refractivity contribution in [1.82, 2.24) is 5.32 Å². The molecule has 0 spiro atoms. The van der Waals surface area contributed by atoms with Gasteiger partial charge in [-0.15, -0.1) is 0 Å². The van der Waals surface area contributed by atoms with Crippen LogP contribution in [-0.2, 0) is 5.54 Å². The Morgan fingerprint density at radius 1 is 1.20 bits per heavy atom. The van der Waals surface area contributed by atoms with Gasteiger partial charge in [0.05, 0.1) is 13.1 Å². The fourth-order valence-corrected chi connectivity index (χ4v) is 3.90. The van der Waals surface area contributed by atoms with Crippen LogP contribution < -0.4 is 11.1 Å². The average Bonchev–Trinajstić information content (AvgIpc) is 2.50. The van der Waals surface area contributed by atoms with Crippen molar-refractivity contribution in [2.75, 3.05) is 26.2 Å². The van der Waals surface area contributed by atoms with Gasteiger partial charge in [0.25, 0.3) is 0 Å². The molecule has 0 aliphatic carbocycles. The van der Waals surface area contributed by atoms with Gasteiger partial charge in [0, 0.05) is 31.5 Å². The van der Waals surface area contributed by atoms with E-state index < -0.39 is 0 Å². The Morgan fingerprint density at radius 3 is 2.20 bits per heavy atom. The van der Waals surface area contributed by atoms with Gasteiger partial charge < -0.3 is 11.1 Å².